The van der Waals surface area contributed by atoms with E-state index in [2.05, 4.69) is 20.8 Å². The molecule has 0 saturated carbocycles. The zero-order valence-electron chi connectivity index (χ0n) is 10.5. The molecule has 0 atom stereocenters. The van der Waals surface area contributed by atoms with Crippen molar-refractivity contribution in [1.82, 2.24) is 0 Å². The van der Waals surface area contributed by atoms with Crippen LogP contribution in [0.1, 0.15) is 52.0 Å². The van der Waals surface area contributed by atoms with Crippen LogP contribution >= 0.6 is 0 Å². The monoisotopic (exact) mass is 222 g/mol. The van der Waals surface area contributed by atoms with Crippen LogP contribution in [0.15, 0.2) is 18.2 Å². The first-order chi connectivity index (χ1) is 7.49. The van der Waals surface area contributed by atoms with Crippen molar-refractivity contribution in [2.75, 3.05) is 0 Å². The average molecular weight is 222 g/mol. The van der Waals surface area contributed by atoms with Gasteiger partial charge in [0.2, 0.25) is 0 Å². The van der Waals surface area contributed by atoms with Gasteiger partial charge >= 0.3 is 0 Å². The molecule has 2 heteroatoms. The van der Waals surface area contributed by atoms with Gasteiger partial charge in [-0.3, -0.25) is 0 Å². The fourth-order valence-corrected chi connectivity index (χ4v) is 2.03. The van der Waals surface area contributed by atoms with Gasteiger partial charge in [0.15, 0.2) is 11.5 Å². The molecular formula is C14H22O2. The van der Waals surface area contributed by atoms with Gasteiger partial charge in [-0.1, -0.05) is 52.2 Å². The van der Waals surface area contributed by atoms with Crippen molar-refractivity contribution in [1.29, 1.82) is 0 Å². The maximum Gasteiger partial charge on any atom is 0.161 e. The first-order valence-electron chi connectivity index (χ1n) is 6.00. The van der Waals surface area contributed by atoms with Gasteiger partial charge in [-0.15, -0.1) is 0 Å². The van der Waals surface area contributed by atoms with Gasteiger partial charge in [-0.25, -0.2) is 0 Å². The van der Waals surface area contributed by atoms with Crippen molar-refractivity contribution in [3.8, 4) is 11.5 Å². The molecule has 0 bridgehead atoms. The molecule has 1 rings (SSSR count). The Morgan fingerprint density at radius 3 is 2.44 bits per heavy atom. The highest BCUT2D eigenvalue weighted by molar-refractivity contribution is 5.47. The standard InChI is InChI=1S/C14H22O2/c1-4-5-6-10-14(2,3)11-8-7-9-12(15)13(11)16/h7-9,15-16H,4-6,10H2,1-3H3. The Morgan fingerprint density at radius 1 is 1.12 bits per heavy atom. The summed E-state index contributed by atoms with van der Waals surface area (Å²) < 4.78 is 0. The van der Waals surface area contributed by atoms with Crippen LogP contribution in [0.2, 0.25) is 0 Å². The van der Waals surface area contributed by atoms with Crippen molar-refractivity contribution in [3.05, 3.63) is 23.8 Å². The van der Waals surface area contributed by atoms with Gasteiger partial charge in [0.05, 0.1) is 0 Å². The molecular weight excluding hydrogens is 200 g/mol. The van der Waals surface area contributed by atoms with E-state index < -0.39 is 0 Å². The van der Waals surface area contributed by atoms with E-state index in [1.807, 2.05) is 6.07 Å². The number of benzene rings is 1. The lowest BCUT2D eigenvalue weighted by Gasteiger charge is -2.26. The number of unbranched alkanes of at least 4 members (excludes halogenated alkanes) is 2. The number of para-hydroxylation sites is 1. The van der Waals surface area contributed by atoms with Crippen LogP contribution in [0.25, 0.3) is 0 Å². The molecule has 0 amide bonds. The van der Waals surface area contributed by atoms with Crippen LogP contribution in [0.4, 0.5) is 0 Å². The topological polar surface area (TPSA) is 40.5 Å². The van der Waals surface area contributed by atoms with E-state index in [4.69, 9.17) is 0 Å². The van der Waals surface area contributed by atoms with Gasteiger partial charge < -0.3 is 10.2 Å². The highest BCUT2D eigenvalue weighted by Gasteiger charge is 2.24. The Bertz CT molecular complexity index is 343. The third kappa shape index (κ3) is 2.91. The maximum absolute atomic E-state index is 9.84. The lowest BCUT2D eigenvalue weighted by molar-refractivity contribution is 0.374. The van der Waals surface area contributed by atoms with Gasteiger partial charge in [-0.05, 0) is 17.9 Å². The van der Waals surface area contributed by atoms with E-state index in [9.17, 15) is 10.2 Å². The molecule has 0 heterocycles. The van der Waals surface area contributed by atoms with Crippen LogP contribution < -0.4 is 0 Å². The van der Waals surface area contributed by atoms with Crippen LogP contribution in [0.5, 0.6) is 11.5 Å². The molecule has 0 radical (unpaired) electrons. The molecule has 0 aliphatic carbocycles. The molecule has 0 spiro atoms. The van der Waals surface area contributed by atoms with Gasteiger partial charge in [0.1, 0.15) is 0 Å². The van der Waals surface area contributed by atoms with Gasteiger partial charge in [0.25, 0.3) is 0 Å². The summed E-state index contributed by atoms with van der Waals surface area (Å²) in [5.41, 5.74) is 0.751. The van der Waals surface area contributed by atoms with Crippen molar-refractivity contribution >= 4 is 0 Å². The number of phenols is 2. The molecule has 90 valence electrons. The molecule has 2 N–H and O–H groups in total. The summed E-state index contributed by atoms with van der Waals surface area (Å²) in [6, 6.07) is 5.19. The van der Waals surface area contributed by atoms with E-state index in [0.29, 0.717) is 0 Å². The second-order valence-electron chi connectivity index (χ2n) is 5.01. The van der Waals surface area contributed by atoms with E-state index in [0.717, 1.165) is 18.4 Å². The lowest BCUT2D eigenvalue weighted by Crippen LogP contribution is -2.17. The largest absolute Gasteiger partial charge is 0.504 e. The molecule has 0 aromatic heterocycles. The zero-order valence-corrected chi connectivity index (χ0v) is 10.5. The van der Waals surface area contributed by atoms with Crippen molar-refractivity contribution in [3.63, 3.8) is 0 Å². The summed E-state index contributed by atoms with van der Waals surface area (Å²) in [7, 11) is 0. The highest BCUT2D eigenvalue weighted by atomic mass is 16.3. The summed E-state index contributed by atoms with van der Waals surface area (Å²) in [6.45, 7) is 6.40. The summed E-state index contributed by atoms with van der Waals surface area (Å²) in [5.74, 6) is 0.00469. The van der Waals surface area contributed by atoms with E-state index in [1.54, 1.807) is 6.07 Å². The smallest absolute Gasteiger partial charge is 0.161 e. The number of hydrogen-bond donors (Lipinski definition) is 2. The van der Waals surface area contributed by atoms with E-state index in [-0.39, 0.29) is 16.9 Å². The zero-order chi connectivity index (χ0) is 12.2. The molecule has 0 saturated heterocycles. The Balaban J connectivity index is 2.84. The Kier molecular flexibility index (Phi) is 4.22. The molecule has 2 nitrogen and oxygen atoms in total. The minimum atomic E-state index is -0.0853. The van der Waals surface area contributed by atoms with Crippen molar-refractivity contribution in [2.45, 2.75) is 51.9 Å². The Labute approximate surface area is 97.9 Å². The first kappa shape index (κ1) is 12.9. The minimum Gasteiger partial charge on any atom is -0.504 e. The van der Waals surface area contributed by atoms with Crippen LogP contribution in [-0.4, -0.2) is 10.2 Å². The van der Waals surface area contributed by atoms with Crippen molar-refractivity contribution < 1.29 is 10.2 Å². The lowest BCUT2D eigenvalue weighted by atomic mass is 9.79. The minimum absolute atomic E-state index is 0.0268. The summed E-state index contributed by atoms with van der Waals surface area (Å²) in [5, 5.41) is 19.3. The number of rotatable bonds is 5. The number of aromatic hydroxyl groups is 2. The molecule has 0 unspecified atom stereocenters. The van der Waals surface area contributed by atoms with E-state index >= 15 is 0 Å². The predicted molar refractivity (Wildman–Crippen MR) is 66.9 cm³/mol. The molecule has 16 heavy (non-hydrogen) atoms. The van der Waals surface area contributed by atoms with Crippen molar-refractivity contribution in [2.24, 2.45) is 0 Å². The SMILES string of the molecule is CCCCCC(C)(C)c1cccc(O)c1O. The summed E-state index contributed by atoms with van der Waals surface area (Å²) in [4.78, 5) is 0. The molecule has 0 aliphatic rings. The first-order valence-corrected chi connectivity index (χ1v) is 6.00. The van der Waals surface area contributed by atoms with E-state index in [1.165, 1.54) is 18.9 Å². The second-order valence-corrected chi connectivity index (χ2v) is 5.01. The van der Waals surface area contributed by atoms with Crippen LogP contribution in [0.3, 0.4) is 0 Å². The normalized spacial score (nSPS) is 11.7. The predicted octanol–water partition coefficient (Wildman–Crippen LogP) is 3.96. The van der Waals surface area contributed by atoms with Crippen LogP contribution in [-0.2, 0) is 5.41 Å². The second kappa shape index (κ2) is 5.24. The third-order valence-corrected chi connectivity index (χ3v) is 3.15. The molecule has 0 aliphatic heterocycles. The van der Waals surface area contributed by atoms with Crippen LogP contribution in [0, 0.1) is 0 Å². The number of hydrogen-bond acceptors (Lipinski definition) is 2. The molecule has 1 aromatic rings. The fraction of sp³-hybridized carbons (Fsp3) is 0.571. The van der Waals surface area contributed by atoms with Gasteiger partial charge in [-0.2, -0.15) is 0 Å². The maximum atomic E-state index is 9.84. The molecule has 0 fully saturated rings. The number of phenolic OH excluding ortho intramolecular Hbond substituents is 2. The summed E-state index contributed by atoms with van der Waals surface area (Å²) >= 11 is 0. The average Bonchev–Trinajstić information content (AvgIpc) is 2.22. The third-order valence-electron chi connectivity index (χ3n) is 3.15. The Morgan fingerprint density at radius 2 is 1.81 bits per heavy atom. The quantitative estimate of drug-likeness (QED) is 0.585. The molecule has 1 aromatic carbocycles. The van der Waals surface area contributed by atoms with Gasteiger partial charge in [0, 0.05) is 5.56 Å². The highest BCUT2D eigenvalue weighted by Crippen LogP contribution is 2.39. The summed E-state index contributed by atoms with van der Waals surface area (Å²) in [6.07, 6.45) is 4.58. The Hall–Kier alpha value is -1.18. The fourth-order valence-electron chi connectivity index (χ4n) is 2.03.